The third-order valence-corrected chi connectivity index (χ3v) is 4.77. The summed E-state index contributed by atoms with van der Waals surface area (Å²) in [6.07, 6.45) is 0.207. The highest BCUT2D eigenvalue weighted by atomic mass is 16.2. The molecule has 0 aliphatic rings. The van der Waals surface area contributed by atoms with E-state index in [0.717, 1.165) is 22.4 Å². The average Bonchev–Trinajstić information content (AvgIpc) is 3.24. The van der Waals surface area contributed by atoms with Crippen molar-refractivity contribution in [2.24, 2.45) is 0 Å². The van der Waals surface area contributed by atoms with Gasteiger partial charge in [0.15, 0.2) is 5.82 Å². The fourth-order valence-corrected chi connectivity index (χ4v) is 3.16. The summed E-state index contributed by atoms with van der Waals surface area (Å²) in [5.41, 5.74) is 5.18. The van der Waals surface area contributed by atoms with E-state index in [1.165, 1.54) is 0 Å². The number of fused-ring (bicyclic) bond motifs is 1. The molecule has 0 bridgehead atoms. The fraction of sp³-hybridized carbons (Fsp3) is 0.211. The number of aryl methyl sites for hydroxylation is 2. The molecule has 142 valence electrons. The fourth-order valence-electron chi connectivity index (χ4n) is 3.16. The number of aromatic nitrogens is 6. The maximum atomic E-state index is 12.6. The molecule has 0 aliphatic carbocycles. The van der Waals surface area contributed by atoms with Gasteiger partial charge in [-0.2, -0.15) is 4.68 Å². The summed E-state index contributed by atoms with van der Waals surface area (Å²) in [5, 5.41) is 14.4. The first-order chi connectivity index (χ1) is 13.4. The van der Waals surface area contributed by atoms with Gasteiger partial charge in [-0.3, -0.25) is 4.79 Å². The Bertz CT molecular complexity index is 1230. The summed E-state index contributed by atoms with van der Waals surface area (Å²) < 4.78 is 1.62. The van der Waals surface area contributed by atoms with E-state index in [2.05, 4.69) is 30.8 Å². The zero-order valence-corrected chi connectivity index (χ0v) is 15.7. The summed E-state index contributed by atoms with van der Waals surface area (Å²) in [6.45, 7) is 5.67. The third-order valence-electron chi connectivity index (χ3n) is 4.77. The van der Waals surface area contributed by atoms with Gasteiger partial charge in [0.1, 0.15) is 0 Å². The van der Waals surface area contributed by atoms with E-state index in [4.69, 9.17) is 0 Å². The molecule has 0 unspecified atom stereocenters. The number of nitrogens with one attached hydrogen (secondary N) is 3. The van der Waals surface area contributed by atoms with Crippen molar-refractivity contribution < 1.29 is 4.79 Å². The first-order valence-electron chi connectivity index (χ1n) is 8.78. The lowest BCUT2D eigenvalue weighted by Gasteiger charge is -2.12. The molecule has 0 spiro atoms. The van der Waals surface area contributed by atoms with Gasteiger partial charge in [-0.1, -0.05) is 12.1 Å². The van der Waals surface area contributed by atoms with E-state index >= 15 is 0 Å². The van der Waals surface area contributed by atoms with Crippen molar-refractivity contribution in [1.82, 2.24) is 30.2 Å². The Labute approximate surface area is 159 Å². The highest BCUT2D eigenvalue weighted by molar-refractivity contribution is 6.01. The number of tetrazole rings is 1. The van der Waals surface area contributed by atoms with Gasteiger partial charge in [-0.05, 0) is 66.1 Å². The Hall–Kier alpha value is -3.75. The van der Waals surface area contributed by atoms with Crippen molar-refractivity contribution in [3.05, 3.63) is 63.3 Å². The van der Waals surface area contributed by atoms with Crippen molar-refractivity contribution in [3.63, 3.8) is 0 Å². The quantitative estimate of drug-likeness (QED) is 0.502. The Morgan fingerprint density at radius 3 is 2.57 bits per heavy atom. The second-order valence-corrected chi connectivity index (χ2v) is 6.72. The Kier molecular flexibility index (Phi) is 4.26. The predicted molar refractivity (Wildman–Crippen MR) is 105 cm³/mol. The lowest BCUT2D eigenvalue weighted by Crippen LogP contribution is -2.16. The van der Waals surface area contributed by atoms with Crippen LogP contribution in [0.5, 0.6) is 0 Å². The molecule has 0 saturated heterocycles. The highest BCUT2D eigenvalue weighted by Gasteiger charge is 2.14. The molecular weight excluding hydrogens is 358 g/mol. The molecule has 28 heavy (non-hydrogen) atoms. The van der Waals surface area contributed by atoms with Crippen LogP contribution in [0.15, 0.2) is 35.1 Å². The standard InChI is InChI=1S/C19H19N7O2/c1-10-8-15-18(22-19(28)20-15)17(11(10)2)21-16(27)9-13-4-6-14(7-5-13)26-12(3)23-24-25-26/h4-8H,9H2,1-3H3,(H,21,27)(H2,20,22,28). The number of imidazole rings is 1. The van der Waals surface area contributed by atoms with E-state index in [0.29, 0.717) is 22.5 Å². The van der Waals surface area contributed by atoms with Crippen molar-refractivity contribution in [3.8, 4) is 5.69 Å². The minimum absolute atomic E-state index is 0.164. The topological polar surface area (TPSA) is 121 Å². The number of carbonyl (C=O) groups excluding carboxylic acids is 1. The normalized spacial score (nSPS) is 11.1. The van der Waals surface area contributed by atoms with Crippen LogP contribution in [-0.2, 0) is 11.2 Å². The van der Waals surface area contributed by atoms with Gasteiger partial charge < -0.3 is 15.3 Å². The van der Waals surface area contributed by atoms with Crippen LogP contribution in [0.2, 0.25) is 0 Å². The number of hydrogen-bond donors (Lipinski definition) is 3. The molecule has 0 atom stereocenters. The van der Waals surface area contributed by atoms with Crippen LogP contribution in [0.3, 0.4) is 0 Å². The van der Waals surface area contributed by atoms with Crippen LogP contribution in [0.25, 0.3) is 16.7 Å². The average molecular weight is 377 g/mol. The maximum absolute atomic E-state index is 12.6. The minimum Gasteiger partial charge on any atom is -0.324 e. The van der Waals surface area contributed by atoms with Crippen molar-refractivity contribution >= 4 is 22.6 Å². The number of benzene rings is 2. The predicted octanol–water partition coefficient (Wildman–Crippen LogP) is 1.94. The summed E-state index contributed by atoms with van der Waals surface area (Å²) in [6, 6.07) is 9.36. The van der Waals surface area contributed by atoms with Crippen molar-refractivity contribution in [1.29, 1.82) is 0 Å². The van der Waals surface area contributed by atoms with Gasteiger partial charge in [-0.25, -0.2) is 4.79 Å². The molecule has 0 saturated carbocycles. The maximum Gasteiger partial charge on any atom is 0.323 e. The lowest BCUT2D eigenvalue weighted by atomic mass is 10.1. The van der Waals surface area contributed by atoms with Gasteiger partial charge in [0.25, 0.3) is 0 Å². The molecule has 4 rings (SSSR count). The van der Waals surface area contributed by atoms with E-state index in [-0.39, 0.29) is 18.0 Å². The molecular formula is C19H19N7O2. The zero-order valence-electron chi connectivity index (χ0n) is 15.7. The number of aromatic amines is 2. The molecule has 0 fully saturated rings. The number of amides is 1. The third kappa shape index (κ3) is 3.18. The number of rotatable bonds is 4. The number of hydrogen-bond acceptors (Lipinski definition) is 5. The lowest BCUT2D eigenvalue weighted by molar-refractivity contribution is -0.115. The van der Waals surface area contributed by atoms with Crippen LogP contribution < -0.4 is 11.0 Å². The van der Waals surface area contributed by atoms with Crippen LogP contribution in [0.4, 0.5) is 5.69 Å². The second-order valence-electron chi connectivity index (χ2n) is 6.72. The molecule has 2 heterocycles. The number of anilines is 1. The van der Waals surface area contributed by atoms with Gasteiger partial charge >= 0.3 is 5.69 Å². The molecule has 9 nitrogen and oxygen atoms in total. The molecule has 0 radical (unpaired) electrons. The molecule has 2 aromatic carbocycles. The van der Waals surface area contributed by atoms with Crippen LogP contribution >= 0.6 is 0 Å². The van der Waals surface area contributed by atoms with Gasteiger partial charge in [0, 0.05) is 0 Å². The summed E-state index contributed by atoms with van der Waals surface area (Å²) >= 11 is 0. The number of carbonyl (C=O) groups is 1. The molecule has 4 aromatic rings. The van der Waals surface area contributed by atoms with Crippen LogP contribution in [0.1, 0.15) is 22.5 Å². The van der Waals surface area contributed by atoms with Crippen molar-refractivity contribution in [2.45, 2.75) is 27.2 Å². The second kappa shape index (κ2) is 6.76. The summed E-state index contributed by atoms with van der Waals surface area (Å²) in [7, 11) is 0. The minimum atomic E-state index is -0.302. The number of H-pyrrole nitrogens is 2. The summed E-state index contributed by atoms with van der Waals surface area (Å²) in [5.74, 6) is 0.522. The monoisotopic (exact) mass is 377 g/mol. The van der Waals surface area contributed by atoms with E-state index in [9.17, 15) is 9.59 Å². The highest BCUT2D eigenvalue weighted by Crippen LogP contribution is 2.27. The van der Waals surface area contributed by atoms with Gasteiger partial charge in [0.05, 0.1) is 28.8 Å². The van der Waals surface area contributed by atoms with Crippen molar-refractivity contribution in [2.75, 3.05) is 5.32 Å². The smallest absolute Gasteiger partial charge is 0.323 e. The molecule has 1 amide bonds. The molecule has 2 aromatic heterocycles. The molecule has 9 heteroatoms. The SMILES string of the molecule is Cc1cc2[nH]c(=O)[nH]c2c(NC(=O)Cc2ccc(-n3nnnc3C)cc2)c1C. The summed E-state index contributed by atoms with van der Waals surface area (Å²) in [4.78, 5) is 29.7. The van der Waals surface area contributed by atoms with Crippen LogP contribution in [0, 0.1) is 20.8 Å². The van der Waals surface area contributed by atoms with E-state index in [1.54, 1.807) is 4.68 Å². The Morgan fingerprint density at radius 2 is 1.89 bits per heavy atom. The van der Waals surface area contributed by atoms with E-state index in [1.807, 2.05) is 51.1 Å². The first kappa shape index (κ1) is 17.7. The first-order valence-corrected chi connectivity index (χ1v) is 8.78. The number of nitrogens with zero attached hydrogens (tertiary/aromatic N) is 4. The van der Waals surface area contributed by atoms with E-state index < -0.39 is 0 Å². The van der Waals surface area contributed by atoms with Gasteiger partial charge in [-0.15, -0.1) is 5.10 Å². The zero-order chi connectivity index (χ0) is 19.8. The largest absolute Gasteiger partial charge is 0.324 e. The molecule has 3 N–H and O–H groups in total. The molecule has 0 aliphatic heterocycles. The Morgan fingerprint density at radius 1 is 1.14 bits per heavy atom. The Balaban J connectivity index is 1.55. The van der Waals surface area contributed by atoms with Crippen LogP contribution in [-0.4, -0.2) is 36.1 Å². The van der Waals surface area contributed by atoms with Gasteiger partial charge in [0.2, 0.25) is 5.91 Å².